The lowest BCUT2D eigenvalue weighted by Crippen LogP contribution is -2.28. The first-order valence-corrected chi connectivity index (χ1v) is 7.30. The van der Waals surface area contributed by atoms with Gasteiger partial charge >= 0.3 is 5.69 Å². The molecule has 0 radical (unpaired) electrons. The number of nitrogens with one attached hydrogen (secondary N) is 1. The topological polar surface area (TPSA) is 81.5 Å². The summed E-state index contributed by atoms with van der Waals surface area (Å²) in [6, 6.07) is 8.79. The van der Waals surface area contributed by atoms with Gasteiger partial charge in [0.2, 0.25) is 5.82 Å². The fourth-order valence-corrected chi connectivity index (χ4v) is 2.18. The number of nitro benzene ring substituents is 1. The summed E-state index contributed by atoms with van der Waals surface area (Å²) in [6.45, 7) is 4.38. The van der Waals surface area contributed by atoms with Gasteiger partial charge in [0.1, 0.15) is 12.4 Å². The minimum atomic E-state index is -0.977. The van der Waals surface area contributed by atoms with E-state index < -0.39 is 22.3 Å². The highest BCUT2D eigenvalue weighted by molar-refractivity contribution is 5.94. The molecule has 0 aliphatic heterocycles. The number of carbonyl (C=O) groups is 1. The van der Waals surface area contributed by atoms with Crippen LogP contribution in [0.4, 0.5) is 10.1 Å². The van der Waals surface area contributed by atoms with E-state index in [1.165, 1.54) is 6.07 Å². The molecule has 2 rings (SSSR count). The molecule has 2 aromatic carbocycles. The lowest BCUT2D eigenvalue weighted by molar-refractivity contribution is -0.387. The smallest absolute Gasteiger partial charge is 0.305 e. The van der Waals surface area contributed by atoms with Gasteiger partial charge in [-0.25, -0.2) is 0 Å². The summed E-state index contributed by atoms with van der Waals surface area (Å²) in [4.78, 5) is 21.8. The first kappa shape index (κ1) is 17.4. The predicted octanol–water partition coefficient (Wildman–Crippen LogP) is 3.16. The second kappa shape index (κ2) is 7.54. The number of halogens is 1. The summed E-state index contributed by atoms with van der Waals surface area (Å²) >= 11 is 0. The normalized spacial score (nSPS) is 10.3. The molecule has 0 fully saturated rings. The van der Waals surface area contributed by atoms with Gasteiger partial charge in [0, 0.05) is 11.6 Å². The number of nitrogens with zero attached hydrogens (tertiary/aromatic N) is 1. The maximum Gasteiger partial charge on any atom is 0.305 e. The Kier molecular flexibility index (Phi) is 5.47. The molecule has 1 amide bonds. The molecule has 0 heterocycles. The third kappa shape index (κ3) is 4.28. The summed E-state index contributed by atoms with van der Waals surface area (Å²) < 4.78 is 18.8. The van der Waals surface area contributed by atoms with Gasteiger partial charge in [0.25, 0.3) is 5.91 Å². The molecule has 0 saturated heterocycles. The molecule has 6 nitrogen and oxygen atoms in total. The Bertz CT molecular complexity index is 777. The van der Waals surface area contributed by atoms with Crippen LogP contribution in [0.5, 0.6) is 5.75 Å². The lowest BCUT2D eigenvalue weighted by Gasteiger charge is -2.10. The first-order chi connectivity index (χ1) is 11.4. The largest absolute Gasteiger partial charge is 0.491 e. The number of carbonyl (C=O) groups excluding carboxylic acids is 1. The van der Waals surface area contributed by atoms with Gasteiger partial charge in [-0.3, -0.25) is 14.9 Å². The van der Waals surface area contributed by atoms with Crippen LogP contribution in [0, 0.1) is 29.8 Å². The second-order valence-electron chi connectivity index (χ2n) is 5.30. The molecule has 1 N–H and O–H groups in total. The van der Waals surface area contributed by atoms with Gasteiger partial charge in [-0.05, 0) is 37.6 Å². The Labute approximate surface area is 138 Å². The van der Waals surface area contributed by atoms with Crippen LogP contribution in [0.2, 0.25) is 0 Å². The fraction of sp³-hybridized carbons (Fsp3) is 0.235. The third-order valence-corrected chi connectivity index (χ3v) is 3.38. The number of ether oxygens (including phenoxy) is 1. The number of hydrogen-bond acceptors (Lipinski definition) is 4. The Morgan fingerprint density at radius 2 is 2.00 bits per heavy atom. The summed E-state index contributed by atoms with van der Waals surface area (Å²) in [5, 5.41) is 13.3. The van der Waals surface area contributed by atoms with E-state index in [1.807, 2.05) is 32.0 Å². The van der Waals surface area contributed by atoms with Gasteiger partial charge in [-0.15, -0.1) is 0 Å². The minimum Gasteiger partial charge on any atom is -0.491 e. The van der Waals surface area contributed by atoms with E-state index >= 15 is 0 Å². The van der Waals surface area contributed by atoms with Crippen molar-refractivity contribution in [3.8, 4) is 5.75 Å². The first-order valence-electron chi connectivity index (χ1n) is 7.30. The van der Waals surface area contributed by atoms with Crippen molar-refractivity contribution >= 4 is 11.6 Å². The van der Waals surface area contributed by atoms with Gasteiger partial charge in [0.15, 0.2) is 0 Å². The van der Waals surface area contributed by atoms with Crippen LogP contribution in [-0.2, 0) is 0 Å². The van der Waals surface area contributed by atoms with Gasteiger partial charge in [-0.2, -0.15) is 4.39 Å². The maximum absolute atomic E-state index is 13.3. The van der Waals surface area contributed by atoms with Crippen LogP contribution in [0.25, 0.3) is 0 Å². The van der Waals surface area contributed by atoms with Crippen molar-refractivity contribution < 1.29 is 18.8 Å². The Hall–Kier alpha value is -2.96. The second-order valence-corrected chi connectivity index (χ2v) is 5.30. The minimum absolute atomic E-state index is 0.0228. The van der Waals surface area contributed by atoms with Crippen LogP contribution >= 0.6 is 0 Å². The molecule has 126 valence electrons. The predicted molar refractivity (Wildman–Crippen MR) is 86.8 cm³/mol. The molecule has 0 aromatic heterocycles. The molecular formula is C17H17FN2O4. The van der Waals surface area contributed by atoms with Gasteiger partial charge < -0.3 is 10.1 Å². The van der Waals surface area contributed by atoms with Crippen molar-refractivity contribution in [3.63, 3.8) is 0 Å². The highest BCUT2D eigenvalue weighted by atomic mass is 19.1. The lowest BCUT2D eigenvalue weighted by atomic mass is 10.1. The number of amides is 1. The van der Waals surface area contributed by atoms with E-state index in [-0.39, 0.29) is 18.7 Å². The Morgan fingerprint density at radius 3 is 2.67 bits per heavy atom. The third-order valence-electron chi connectivity index (χ3n) is 3.38. The Balaban J connectivity index is 1.89. The highest BCUT2D eigenvalue weighted by Crippen LogP contribution is 2.19. The monoisotopic (exact) mass is 332 g/mol. The zero-order valence-corrected chi connectivity index (χ0v) is 13.3. The van der Waals surface area contributed by atoms with E-state index in [2.05, 4.69) is 5.32 Å². The molecule has 0 unspecified atom stereocenters. The van der Waals surface area contributed by atoms with E-state index in [0.29, 0.717) is 0 Å². The highest BCUT2D eigenvalue weighted by Gasteiger charge is 2.17. The van der Waals surface area contributed by atoms with Crippen molar-refractivity contribution in [2.75, 3.05) is 13.2 Å². The van der Waals surface area contributed by atoms with E-state index in [9.17, 15) is 19.3 Å². The van der Waals surface area contributed by atoms with Crippen LogP contribution in [0.1, 0.15) is 21.5 Å². The van der Waals surface area contributed by atoms with Crippen molar-refractivity contribution in [3.05, 3.63) is 69.0 Å². The maximum atomic E-state index is 13.3. The molecule has 0 aliphatic rings. The van der Waals surface area contributed by atoms with E-state index in [0.717, 1.165) is 29.0 Å². The van der Waals surface area contributed by atoms with E-state index in [4.69, 9.17) is 4.74 Å². The number of aryl methyl sites for hydroxylation is 2. The molecule has 0 spiro atoms. The van der Waals surface area contributed by atoms with Crippen LogP contribution < -0.4 is 10.1 Å². The van der Waals surface area contributed by atoms with Crippen molar-refractivity contribution in [1.82, 2.24) is 5.32 Å². The quantitative estimate of drug-likeness (QED) is 0.500. The van der Waals surface area contributed by atoms with Crippen LogP contribution in [-0.4, -0.2) is 24.0 Å². The fourth-order valence-electron chi connectivity index (χ4n) is 2.18. The number of nitro groups is 1. The van der Waals surface area contributed by atoms with Crippen molar-refractivity contribution in [2.45, 2.75) is 13.8 Å². The number of rotatable bonds is 6. The van der Waals surface area contributed by atoms with Gasteiger partial charge in [-0.1, -0.05) is 17.7 Å². The molecule has 0 saturated carbocycles. The van der Waals surface area contributed by atoms with Gasteiger partial charge in [0.05, 0.1) is 11.5 Å². The SMILES string of the molecule is Cc1ccc(OCCNC(=O)c2ccc(F)c([N+](=O)[O-])c2)c(C)c1. The molecule has 0 bridgehead atoms. The van der Waals surface area contributed by atoms with Crippen LogP contribution in [0.3, 0.4) is 0 Å². The van der Waals surface area contributed by atoms with E-state index in [1.54, 1.807) is 0 Å². The van der Waals surface area contributed by atoms with Crippen LogP contribution in [0.15, 0.2) is 36.4 Å². The Morgan fingerprint density at radius 1 is 1.25 bits per heavy atom. The number of hydrogen-bond donors (Lipinski definition) is 1. The molecule has 0 atom stereocenters. The summed E-state index contributed by atoms with van der Waals surface area (Å²) in [7, 11) is 0. The standard InChI is InChI=1S/C17H17FN2O4/c1-11-3-6-16(12(2)9-11)24-8-7-19-17(21)13-4-5-14(18)15(10-13)20(22)23/h3-6,9-10H,7-8H2,1-2H3,(H,19,21). The van der Waals surface area contributed by atoms with Crippen molar-refractivity contribution in [1.29, 1.82) is 0 Å². The molecular weight excluding hydrogens is 315 g/mol. The molecule has 7 heteroatoms. The number of benzene rings is 2. The zero-order chi connectivity index (χ0) is 17.7. The average molecular weight is 332 g/mol. The average Bonchev–Trinajstić information content (AvgIpc) is 2.53. The molecule has 0 aliphatic carbocycles. The zero-order valence-electron chi connectivity index (χ0n) is 13.3. The summed E-state index contributed by atoms with van der Waals surface area (Å²) in [5.41, 5.74) is 1.42. The molecule has 2 aromatic rings. The molecule has 24 heavy (non-hydrogen) atoms. The summed E-state index contributed by atoms with van der Waals surface area (Å²) in [5.74, 6) is -0.774. The van der Waals surface area contributed by atoms with Crippen molar-refractivity contribution in [2.24, 2.45) is 0 Å². The summed E-state index contributed by atoms with van der Waals surface area (Å²) in [6.07, 6.45) is 0.